The fourth-order valence-electron chi connectivity index (χ4n) is 4.66. The van der Waals surface area contributed by atoms with Gasteiger partial charge in [0, 0.05) is 48.3 Å². The van der Waals surface area contributed by atoms with E-state index < -0.39 is 0 Å². The summed E-state index contributed by atoms with van der Waals surface area (Å²) in [4.78, 5) is 20.4. The molecule has 3 aliphatic heterocycles. The first-order chi connectivity index (χ1) is 15.0. The SMILES string of the molecule is CCCCC(Cc1c[nH]c2ccccc12)NC(=O)C(=N)SC(=N)N1CC2CC(C1)N2C. The number of rotatable bonds is 6. The molecule has 2 bridgehead atoms. The Morgan fingerprint density at radius 3 is 2.74 bits per heavy atom. The number of amides is 1. The van der Waals surface area contributed by atoms with Crippen LogP contribution >= 0.6 is 11.8 Å². The van der Waals surface area contributed by atoms with Gasteiger partial charge in [-0.05, 0) is 49.7 Å². The highest BCUT2D eigenvalue weighted by Gasteiger charge is 2.43. The summed E-state index contributed by atoms with van der Waals surface area (Å²) >= 11 is 0.970. The zero-order valence-corrected chi connectivity index (χ0v) is 19.1. The standard InChI is InChI=1S/C23H32N6OS/c1-3-4-7-16(10-15-12-26-20-9-6-5-8-19(15)20)27-22(30)21(24)31-23(25)29-13-17-11-18(14-29)28(17)2/h5-6,8-9,12,16-18,24-26H,3-4,7,10-11,13-14H2,1-2H3,(H,27,30). The number of para-hydroxylation sites is 1. The van der Waals surface area contributed by atoms with Gasteiger partial charge in [-0.1, -0.05) is 38.0 Å². The molecule has 3 fully saturated rings. The van der Waals surface area contributed by atoms with Crippen molar-refractivity contribution in [2.75, 3.05) is 20.1 Å². The smallest absolute Gasteiger partial charge is 0.276 e. The number of carbonyl (C=O) groups is 1. The number of unbranched alkanes of at least 4 members (excludes halogenated alkanes) is 1. The second-order valence-corrected chi connectivity index (χ2v) is 9.73. The third-order valence-corrected chi connectivity index (χ3v) is 7.47. The molecule has 1 amide bonds. The molecule has 1 aromatic heterocycles. The van der Waals surface area contributed by atoms with Crippen molar-refractivity contribution < 1.29 is 4.79 Å². The Morgan fingerprint density at radius 2 is 2.03 bits per heavy atom. The molecule has 0 saturated carbocycles. The lowest BCUT2D eigenvalue weighted by Crippen LogP contribution is -2.67. The molecule has 4 heterocycles. The average molecular weight is 441 g/mol. The molecule has 5 rings (SSSR count). The maximum Gasteiger partial charge on any atom is 0.276 e. The van der Waals surface area contributed by atoms with Crippen LogP contribution in [0.4, 0.5) is 0 Å². The topological polar surface area (TPSA) is 99.1 Å². The van der Waals surface area contributed by atoms with Crippen LogP contribution in [0.25, 0.3) is 10.9 Å². The van der Waals surface area contributed by atoms with Crippen LogP contribution in [-0.2, 0) is 11.2 Å². The van der Waals surface area contributed by atoms with Gasteiger partial charge in [-0.2, -0.15) is 0 Å². The molecular formula is C23H32N6OS. The third-order valence-electron chi connectivity index (χ3n) is 6.63. The zero-order valence-electron chi connectivity index (χ0n) is 18.3. The third kappa shape index (κ3) is 4.80. The summed E-state index contributed by atoms with van der Waals surface area (Å²) in [6, 6.07) is 9.15. The van der Waals surface area contributed by atoms with Gasteiger partial charge < -0.3 is 15.2 Å². The van der Waals surface area contributed by atoms with Gasteiger partial charge in [0.1, 0.15) is 0 Å². The first-order valence-corrected chi connectivity index (χ1v) is 12.0. The highest BCUT2D eigenvalue weighted by Crippen LogP contribution is 2.31. The Bertz CT molecular complexity index is 960. The molecule has 166 valence electrons. The summed E-state index contributed by atoms with van der Waals surface area (Å²) in [6.07, 6.45) is 6.89. The number of H-pyrrole nitrogens is 1. The first-order valence-electron chi connectivity index (χ1n) is 11.1. The van der Waals surface area contributed by atoms with E-state index in [1.807, 2.05) is 23.2 Å². The monoisotopic (exact) mass is 440 g/mol. The van der Waals surface area contributed by atoms with E-state index in [0.29, 0.717) is 17.3 Å². The highest BCUT2D eigenvalue weighted by atomic mass is 32.2. The quantitative estimate of drug-likeness (QED) is 0.409. The molecule has 4 N–H and O–H groups in total. The number of hydrogen-bond donors (Lipinski definition) is 4. The van der Waals surface area contributed by atoms with E-state index in [2.05, 4.69) is 41.3 Å². The van der Waals surface area contributed by atoms with Gasteiger partial charge >= 0.3 is 0 Å². The van der Waals surface area contributed by atoms with E-state index in [0.717, 1.165) is 56.1 Å². The number of fused-ring (bicyclic) bond motifs is 3. The molecular weight excluding hydrogens is 408 g/mol. The molecule has 31 heavy (non-hydrogen) atoms. The summed E-state index contributed by atoms with van der Waals surface area (Å²) < 4.78 is 0. The average Bonchev–Trinajstić information content (AvgIpc) is 3.19. The van der Waals surface area contributed by atoms with Crippen LogP contribution in [0.3, 0.4) is 0 Å². The summed E-state index contributed by atoms with van der Waals surface area (Å²) in [7, 11) is 2.13. The van der Waals surface area contributed by atoms with Gasteiger partial charge in [0.05, 0.1) is 0 Å². The van der Waals surface area contributed by atoms with Crippen LogP contribution in [0.15, 0.2) is 30.5 Å². The van der Waals surface area contributed by atoms with Crippen LogP contribution in [0.2, 0.25) is 0 Å². The van der Waals surface area contributed by atoms with E-state index in [1.165, 1.54) is 17.4 Å². The number of benzene rings is 1. The van der Waals surface area contributed by atoms with Gasteiger partial charge in [0.15, 0.2) is 10.2 Å². The zero-order chi connectivity index (χ0) is 22.0. The molecule has 2 aromatic rings. The van der Waals surface area contributed by atoms with Gasteiger partial charge in [0.2, 0.25) is 0 Å². The van der Waals surface area contributed by atoms with E-state index in [-0.39, 0.29) is 17.0 Å². The minimum absolute atomic E-state index is 0.0296. The van der Waals surface area contributed by atoms with E-state index in [9.17, 15) is 4.79 Å². The number of carbonyl (C=O) groups excluding carboxylic acids is 1. The van der Waals surface area contributed by atoms with E-state index in [1.54, 1.807) is 0 Å². The maximum atomic E-state index is 12.8. The number of hydrogen-bond acceptors (Lipinski definition) is 5. The van der Waals surface area contributed by atoms with Crippen molar-refractivity contribution in [3.8, 4) is 0 Å². The van der Waals surface area contributed by atoms with Crippen molar-refractivity contribution in [2.45, 2.75) is 57.2 Å². The van der Waals surface area contributed by atoms with E-state index in [4.69, 9.17) is 10.8 Å². The number of piperazine rings is 1. The maximum absolute atomic E-state index is 12.8. The lowest BCUT2D eigenvalue weighted by molar-refractivity contribution is -0.115. The number of nitrogens with one attached hydrogen (secondary N) is 4. The van der Waals surface area contributed by atoms with Gasteiger partial charge in [-0.25, -0.2) is 0 Å². The van der Waals surface area contributed by atoms with Crippen LogP contribution in [-0.4, -0.2) is 69.2 Å². The molecule has 0 radical (unpaired) electrons. The number of likely N-dealkylation sites (N-methyl/N-ethyl adjacent to an activating group) is 1. The van der Waals surface area contributed by atoms with Crippen LogP contribution in [0.1, 0.15) is 38.2 Å². The molecule has 0 aliphatic carbocycles. The minimum atomic E-state index is -0.380. The predicted molar refractivity (Wildman–Crippen MR) is 128 cm³/mol. The Hall–Kier alpha value is -2.32. The van der Waals surface area contributed by atoms with Crippen molar-refractivity contribution >= 4 is 38.8 Å². The van der Waals surface area contributed by atoms with Crippen LogP contribution in [0, 0.1) is 10.8 Å². The van der Waals surface area contributed by atoms with Crippen molar-refractivity contribution in [3.05, 3.63) is 36.0 Å². The number of aromatic amines is 1. The molecule has 3 aliphatic rings. The molecule has 1 aromatic carbocycles. The van der Waals surface area contributed by atoms with Crippen molar-refractivity contribution in [3.63, 3.8) is 0 Å². The summed E-state index contributed by atoms with van der Waals surface area (Å²) in [5.41, 5.74) is 2.28. The second kappa shape index (κ2) is 9.44. The van der Waals surface area contributed by atoms with Gasteiger partial charge in [-0.15, -0.1) is 0 Å². The predicted octanol–water partition coefficient (Wildman–Crippen LogP) is 3.42. The van der Waals surface area contributed by atoms with Gasteiger partial charge in [-0.3, -0.25) is 20.5 Å². The van der Waals surface area contributed by atoms with Gasteiger partial charge in [0.25, 0.3) is 5.91 Å². The highest BCUT2D eigenvalue weighted by molar-refractivity contribution is 8.27. The summed E-state index contributed by atoms with van der Waals surface area (Å²) in [6.45, 7) is 3.77. The molecule has 3 unspecified atom stereocenters. The molecule has 3 atom stereocenters. The summed E-state index contributed by atoms with van der Waals surface area (Å²) in [5, 5.41) is 21.1. The Balaban J connectivity index is 1.34. The largest absolute Gasteiger partial charge is 0.361 e. The number of thioether (sulfide) groups is 1. The number of piperidine rings is 1. The fourth-order valence-corrected chi connectivity index (χ4v) is 5.29. The Morgan fingerprint density at radius 1 is 1.29 bits per heavy atom. The minimum Gasteiger partial charge on any atom is -0.361 e. The number of aromatic nitrogens is 1. The van der Waals surface area contributed by atoms with E-state index >= 15 is 0 Å². The van der Waals surface area contributed by atoms with Crippen molar-refractivity contribution in [1.82, 2.24) is 20.1 Å². The van der Waals surface area contributed by atoms with Crippen LogP contribution < -0.4 is 5.32 Å². The summed E-state index contributed by atoms with van der Waals surface area (Å²) in [5.74, 6) is -0.380. The molecule has 3 saturated heterocycles. The molecule has 8 heteroatoms. The Kier molecular flexibility index (Phi) is 6.67. The number of nitrogens with zero attached hydrogens (tertiary/aromatic N) is 2. The fraction of sp³-hybridized carbons (Fsp3) is 0.522. The Labute approximate surface area is 188 Å². The van der Waals surface area contributed by atoms with Crippen molar-refractivity contribution in [1.29, 1.82) is 10.8 Å². The van der Waals surface area contributed by atoms with Crippen molar-refractivity contribution in [2.24, 2.45) is 0 Å². The molecule has 0 spiro atoms. The molecule has 7 nitrogen and oxygen atoms in total. The first kappa shape index (κ1) is 21.9. The normalized spacial score (nSPS) is 21.5. The second-order valence-electron chi connectivity index (χ2n) is 8.73. The van der Waals surface area contributed by atoms with Crippen LogP contribution in [0.5, 0.6) is 0 Å². The lowest BCUT2D eigenvalue weighted by Gasteiger charge is -2.55. The lowest BCUT2D eigenvalue weighted by atomic mass is 9.89. The number of amidine groups is 1.